The molecule has 0 aliphatic heterocycles. The Morgan fingerprint density at radius 1 is 1.32 bits per heavy atom. The molecule has 19 heavy (non-hydrogen) atoms. The summed E-state index contributed by atoms with van der Waals surface area (Å²) in [5.74, 6) is 0.102. The molecule has 0 spiro atoms. The number of rotatable bonds is 7. The second-order valence-electron chi connectivity index (χ2n) is 4.48. The van der Waals surface area contributed by atoms with E-state index in [1.165, 1.54) is 0 Å². The van der Waals surface area contributed by atoms with Crippen molar-refractivity contribution in [3.63, 3.8) is 0 Å². The third-order valence-corrected chi connectivity index (χ3v) is 3.03. The summed E-state index contributed by atoms with van der Waals surface area (Å²) < 4.78 is 2.12. The summed E-state index contributed by atoms with van der Waals surface area (Å²) >= 11 is 0. The highest BCUT2D eigenvalue weighted by atomic mass is 16.1. The summed E-state index contributed by atoms with van der Waals surface area (Å²) in [5.41, 5.74) is 2.16. The summed E-state index contributed by atoms with van der Waals surface area (Å²) in [7, 11) is 1.84. The molecule has 0 unspecified atom stereocenters. The number of carbonyl (C=O) groups is 1. The standard InChI is InChI=1S/C14H20N4O/c1-15-9-7-14(19)16-8-4-10-18-11-17-12-5-2-3-6-13(12)18/h2-3,5-6,11,15H,4,7-10H2,1H3,(H,16,19). The highest BCUT2D eigenvalue weighted by Crippen LogP contribution is 2.11. The zero-order chi connectivity index (χ0) is 13.5. The molecule has 0 saturated carbocycles. The number of benzene rings is 1. The van der Waals surface area contributed by atoms with Gasteiger partial charge in [-0.2, -0.15) is 0 Å². The normalized spacial score (nSPS) is 10.8. The van der Waals surface area contributed by atoms with Gasteiger partial charge in [0.1, 0.15) is 0 Å². The number of hydrogen-bond donors (Lipinski definition) is 2. The molecule has 0 aliphatic rings. The fourth-order valence-electron chi connectivity index (χ4n) is 1.99. The van der Waals surface area contributed by atoms with Crippen LogP contribution in [0.1, 0.15) is 12.8 Å². The van der Waals surface area contributed by atoms with Crippen molar-refractivity contribution >= 4 is 16.9 Å². The first kappa shape index (κ1) is 13.5. The highest BCUT2D eigenvalue weighted by molar-refractivity contribution is 5.76. The quantitative estimate of drug-likeness (QED) is 0.734. The molecule has 0 aliphatic carbocycles. The molecular weight excluding hydrogens is 240 g/mol. The average Bonchev–Trinajstić information content (AvgIpc) is 2.85. The van der Waals surface area contributed by atoms with Crippen LogP contribution in [0.5, 0.6) is 0 Å². The monoisotopic (exact) mass is 260 g/mol. The predicted octanol–water partition coefficient (Wildman–Crippen LogP) is 1.15. The Balaban J connectivity index is 1.75. The van der Waals surface area contributed by atoms with E-state index in [0.717, 1.165) is 30.5 Å². The first-order valence-corrected chi connectivity index (χ1v) is 6.62. The van der Waals surface area contributed by atoms with Crippen molar-refractivity contribution < 1.29 is 4.79 Å². The van der Waals surface area contributed by atoms with Crippen molar-refractivity contribution in [3.05, 3.63) is 30.6 Å². The largest absolute Gasteiger partial charge is 0.356 e. The fourth-order valence-corrected chi connectivity index (χ4v) is 1.99. The number of para-hydroxylation sites is 2. The Bertz CT molecular complexity index is 535. The van der Waals surface area contributed by atoms with E-state index in [1.54, 1.807) is 0 Å². The molecule has 2 aromatic rings. The van der Waals surface area contributed by atoms with Gasteiger partial charge in [0.25, 0.3) is 0 Å². The molecule has 0 saturated heterocycles. The van der Waals surface area contributed by atoms with Crippen LogP contribution in [0, 0.1) is 0 Å². The van der Waals surface area contributed by atoms with Gasteiger partial charge in [-0.15, -0.1) is 0 Å². The van der Waals surface area contributed by atoms with Crippen LogP contribution in [0.4, 0.5) is 0 Å². The molecule has 1 heterocycles. The Morgan fingerprint density at radius 3 is 3.00 bits per heavy atom. The van der Waals surface area contributed by atoms with E-state index >= 15 is 0 Å². The van der Waals surface area contributed by atoms with Gasteiger partial charge in [0.2, 0.25) is 5.91 Å². The lowest BCUT2D eigenvalue weighted by Crippen LogP contribution is -2.27. The van der Waals surface area contributed by atoms with Crippen LogP contribution >= 0.6 is 0 Å². The van der Waals surface area contributed by atoms with Gasteiger partial charge in [0, 0.05) is 26.1 Å². The zero-order valence-electron chi connectivity index (χ0n) is 11.2. The highest BCUT2D eigenvalue weighted by Gasteiger charge is 2.02. The lowest BCUT2D eigenvalue weighted by molar-refractivity contribution is -0.120. The number of aromatic nitrogens is 2. The van der Waals surface area contributed by atoms with E-state index in [-0.39, 0.29) is 5.91 Å². The van der Waals surface area contributed by atoms with Crippen LogP contribution in [-0.4, -0.2) is 35.6 Å². The Labute approximate surface area is 113 Å². The summed E-state index contributed by atoms with van der Waals surface area (Å²) in [6.45, 7) is 2.29. The SMILES string of the molecule is CNCCC(=O)NCCCn1cnc2ccccc21. The van der Waals surface area contributed by atoms with Crippen LogP contribution < -0.4 is 10.6 Å². The van der Waals surface area contributed by atoms with Crippen LogP contribution in [0.25, 0.3) is 11.0 Å². The number of nitrogens with zero attached hydrogens (tertiary/aromatic N) is 2. The van der Waals surface area contributed by atoms with Gasteiger partial charge >= 0.3 is 0 Å². The maximum atomic E-state index is 11.4. The third-order valence-electron chi connectivity index (χ3n) is 3.03. The number of hydrogen-bond acceptors (Lipinski definition) is 3. The minimum Gasteiger partial charge on any atom is -0.356 e. The number of aryl methyl sites for hydroxylation is 1. The number of imidazole rings is 1. The first-order valence-electron chi connectivity index (χ1n) is 6.62. The van der Waals surface area contributed by atoms with Gasteiger partial charge in [-0.25, -0.2) is 4.98 Å². The van der Waals surface area contributed by atoms with Crippen molar-refractivity contribution in [3.8, 4) is 0 Å². The van der Waals surface area contributed by atoms with Gasteiger partial charge in [-0.3, -0.25) is 4.79 Å². The molecule has 0 fully saturated rings. The minimum absolute atomic E-state index is 0.102. The van der Waals surface area contributed by atoms with Crippen molar-refractivity contribution in [2.45, 2.75) is 19.4 Å². The smallest absolute Gasteiger partial charge is 0.221 e. The molecule has 2 N–H and O–H groups in total. The van der Waals surface area contributed by atoms with Crippen molar-refractivity contribution in [2.75, 3.05) is 20.1 Å². The number of nitrogens with one attached hydrogen (secondary N) is 2. The maximum absolute atomic E-state index is 11.4. The van der Waals surface area contributed by atoms with E-state index in [9.17, 15) is 4.79 Å². The van der Waals surface area contributed by atoms with Gasteiger partial charge in [0.15, 0.2) is 0 Å². The van der Waals surface area contributed by atoms with Gasteiger partial charge < -0.3 is 15.2 Å². The van der Waals surface area contributed by atoms with Crippen LogP contribution in [0.15, 0.2) is 30.6 Å². The Hall–Kier alpha value is -1.88. The molecule has 5 nitrogen and oxygen atoms in total. The van der Waals surface area contributed by atoms with Crippen molar-refractivity contribution in [1.82, 2.24) is 20.2 Å². The van der Waals surface area contributed by atoms with E-state index in [2.05, 4.69) is 26.3 Å². The Morgan fingerprint density at radius 2 is 2.16 bits per heavy atom. The van der Waals surface area contributed by atoms with Crippen LogP contribution in [0.2, 0.25) is 0 Å². The molecule has 0 atom stereocenters. The average molecular weight is 260 g/mol. The molecule has 1 aromatic carbocycles. The van der Waals surface area contributed by atoms with Crippen LogP contribution in [-0.2, 0) is 11.3 Å². The van der Waals surface area contributed by atoms with E-state index in [1.807, 2.05) is 31.6 Å². The third kappa shape index (κ3) is 3.79. The van der Waals surface area contributed by atoms with E-state index < -0.39 is 0 Å². The zero-order valence-corrected chi connectivity index (χ0v) is 11.2. The molecule has 0 radical (unpaired) electrons. The fraction of sp³-hybridized carbons (Fsp3) is 0.429. The molecule has 102 valence electrons. The summed E-state index contributed by atoms with van der Waals surface area (Å²) in [6, 6.07) is 8.07. The lowest BCUT2D eigenvalue weighted by atomic mass is 10.3. The van der Waals surface area contributed by atoms with Crippen molar-refractivity contribution in [1.29, 1.82) is 0 Å². The lowest BCUT2D eigenvalue weighted by Gasteiger charge is -2.06. The number of fused-ring (bicyclic) bond motifs is 1. The predicted molar refractivity (Wildman–Crippen MR) is 75.9 cm³/mol. The molecule has 1 amide bonds. The molecule has 2 rings (SSSR count). The number of carbonyl (C=O) groups excluding carboxylic acids is 1. The second-order valence-corrected chi connectivity index (χ2v) is 4.48. The molecule has 5 heteroatoms. The summed E-state index contributed by atoms with van der Waals surface area (Å²) in [6.07, 6.45) is 3.30. The molecule has 0 bridgehead atoms. The van der Waals surface area contributed by atoms with Gasteiger partial charge in [-0.1, -0.05) is 12.1 Å². The topological polar surface area (TPSA) is 59.0 Å². The van der Waals surface area contributed by atoms with Gasteiger partial charge in [0.05, 0.1) is 17.4 Å². The number of amides is 1. The Kier molecular flexibility index (Phi) is 4.92. The van der Waals surface area contributed by atoms with Gasteiger partial charge in [-0.05, 0) is 25.6 Å². The summed E-state index contributed by atoms with van der Waals surface area (Å²) in [4.78, 5) is 15.7. The minimum atomic E-state index is 0.102. The van der Waals surface area contributed by atoms with Crippen LogP contribution in [0.3, 0.4) is 0 Å². The second kappa shape index (κ2) is 6.89. The first-order chi connectivity index (χ1) is 9.31. The van der Waals surface area contributed by atoms with E-state index in [0.29, 0.717) is 13.0 Å². The molecular formula is C14H20N4O. The van der Waals surface area contributed by atoms with E-state index in [4.69, 9.17) is 0 Å². The summed E-state index contributed by atoms with van der Waals surface area (Å²) in [5, 5.41) is 5.87. The van der Waals surface area contributed by atoms with Crippen molar-refractivity contribution in [2.24, 2.45) is 0 Å². The maximum Gasteiger partial charge on any atom is 0.221 e. The molecule has 1 aromatic heterocycles.